The molecule has 2 aromatic heterocycles. The number of oxazole rings is 1. The summed E-state index contributed by atoms with van der Waals surface area (Å²) >= 11 is 11.5. The average Bonchev–Trinajstić information content (AvgIpc) is 3.44. The number of anilines is 1. The summed E-state index contributed by atoms with van der Waals surface area (Å²) < 4.78 is 11.0. The summed E-state index contributed by atoms with van der Waals surface area (Å²) in [5.41, 5.74) is 4.00. The summed E-state index contributed by atoms with van der Waals surface area (Å²) in [6.45, 7) is 4.35. The van der Waals surface area contributed by atoms with Crippen molar-refractivity contribution in [2.24, 2.45) is 0 Å². The van der Waals surface area contributed by atoms with Crippen LogP contribution >= 0.6 is 23.8 Å². The van der Waals surface area contributed by atoms with Gasteiger partial charge in [-0.1, -0.05) is 31.5 Å². The Balaban J connectivity index is 1.56. The molecule has 0 bridgehead atoms. The summed E-state index contributed by atoms with van der Waals surface area (Å²) in [5.74, 6) is 0.632. The fourth-order valence-corrected chi connectivity index (χ4v) is 3.46. The number of benzene rings is 2. The zero-order valence-electron chi connectivity index (χ0n) is 16.9. The SMILES string of the molecule is CC[C@H](C)c1ccc2oc(-c3ccc(Cl)c(NC(=S)NC(=O)c4ccco4)c3)nc2c1. The van der Waals surface area contributed by atoms with Gasteiger partial charge in [0.05, 0.1) is 17.0 Å². The van der Waals surface area contributed by atoms with Gasteiger partial charge in [-0.15, -0.1) is 0 Å². The Bertz CT molecular complexity index is 1250. The largest absolute Gasteiger partial charge is 0.459 e. The molecule has 2 heterocycles. The van der Waals surface area contributed by atoms with E-state index in [1.54, 1.807) is 24.3 Å². The van der Waals surface area contributed by atoms with Gasteiger partial charge in [-0.25, -0.2) is 4.98 Å². The van der Waals surface area contributed by atoms with Gasteiger partial charge < -0.3 is 14.2 Å². The van der Waals surface area contributed by atoms with E-state index in [1.165, 1.54) is 11.8 Å². The number of nitrogens with one attached hydrogen (secondary N) is 2. The van der Waals surface area contributed by atoms with Crippen molar-refractivity contribution in [1.82, 2.24) is 10.3 Å². The minimum atomic E-state index is -0.453. The number of fused-ring (bicyclic) bond motifs is 1. The third-order valence-corrected chi connectivity index (χ3v) is 5.56. The molecule has 0 radical (unpaired) electrons. The van der Waals surface area contributed by atoms with Crippen molar-refractivity contribution in [3.63, 3.8) is 0 Å². The first-order valence-electron chi connectivity index (χ1n) is 9.81. The van der Waals surface area contributed by atoms with E-state index in [0.717, 1.165) is 17.5 Å². The van der Waals surface area contributed by atoms with Crippen LogP contribution in [0.4, 0.5) is 5.69 Å². The van der Waals surface area contributed by atoms with Crippen LogP contribution in [0.25, 0.3) is 22.6 Å². The average molecular weight is 454 g/mol. The second-order valence-corrected chi connectivity index (χ2v) is 7.95. The molecule has 8 heteroatoms. The van der Waals surface area contributed by atoms with E-state index >= 15 is 0 Å². The number of halogens is 1. The van der Waals surface area contributed by atoms with Gasteiger partial charge in [0.2, 0.25) is 5.89 Å². The van der Waals surface area contributed by atoms with Crippen LogP contribution in [0.1, 0.15) is 42.3 Å². The Morgan fingerprint density at radius 3 is 2.81 bits per heavy atom. The molecule has 2 aromatic carbocycles. The molecule has 0 saturated carbocycles. The molecule has 0 aliphatic rings. The molecule has 1 amide bonds. The quantitative estimate of drug-likeness (QED) is 0.341. The molecule has 158 valence electrons. The van der Waals surface area contributed by atoms with Crippen LogP contribution < -0.4 is 10.6 Å². The van der Waals surface area contributed by atoms with Gasteiger partial charge in [-0.2, -0.15) is 0 Å². The Kier molecular flexibility index (Phi) is 6.06. The number of amides is 1. The fraction of sp³-hybridized carbons (Fsp3) is 0.174. The normalized spacial score (nSPS) is 12.0. The van der Waals surface area contributed by atoms with Crippen LogP contribution in [0.5, 0.6) is 0 Å². The molecule has 0 saturated heterocycles. The van der Waals surface area contributed by atoms with Crippen molar-refractivity contribution < 1.29 is 13.6 Å². The van der Waals surface area contributed by atoms with E-state index in [0.29, 0.717) is 28.1 Å². The first-order valence-corrected chi connectivity index (χ1v) is 10.6. The number of carbonyl (C=O) groups excluding carboxylic acids is 1. The molecule has 4 aromatic rings. The highest BCUT2D eigenvalue weighted by Gasteiger charge is 2.15. The highest BCUT2D eigenvalue weighted by Crippen LogP contribution is 2.31. The van der Waals surface area contributed by atoms with Gasteiger partial charge in [0.15, 0.2) is 16.5 Å². The lowest BCUT2D eigenvalue weighted by atomic mass is 9.98. The Morgan fingerprint density at radius 2 is 2.06 bits per heavy atom. The van der Waals surface area contributed by atoms with Gasteiger partial charge in [-0.05, 0) is 72.6 Å². The molecule has 0 unspecified atom stereocenters. The van der Waals surface area contributed by atoms with Gasteiger partial charge in [-0.3, -0.25) is 10.1 Å². The van der Waals surface area contributed by atoms with Gasteiger partial charge in [0, 0.05) is 5.56 Å². The lowest BCUT2D eigenvalue weighted by Gasteiger charge is -2.11. The molecule has 2 N–H and O–H groups in total. The van der Waals surface area contributed by atoms with Gasteiger partial charge >= 0.3 is 0 Å². The van der Waals surface area contributed by atoms with E-state index < -0.39 is 5.91 Å². The number of nitrogens with zero attached hydrogens (tertiary/aromatic N) is 1. The van der Waals surface area contributed by atoms with Crippen LogP contribution in [0.3, 0.4) is 0 Å². The first-order chi connectivity index (χ1) is 14.9. The molecule has 4 rings (SSSR count). The summed E-state index contributed by atoms with van der Waals surface area (Å²) in [4.78, 5) is 16.7. The molecular weight excluding hydrogens is 434 g/mol. The van der Waals surface area contributed by atoms with Crippen LogP contribution in [-0.4, -0.2) is 16.0 Å². The molecule has 1 atom stereocenters. The number of aromatic nitrogens is 1. The second-order valence-electron chi connectivity index (χ2n) is 7.14. The smallest absolute Gasteiger partial charge is 0.293 e. The highest BCUT2D eigenvalue weighted by molar-refractivity contribution is 7.80. The fourth-order valence-electron chi connectivity index (χ4n) is 3.09. The number of furan rings is 1. The van der Waals surface area contributed by atoms with Crippen molar-refractivity contribution in [3.8, 4) is 11.5 Å². The molecule has 31 heavy (non-hydrogen) atoms. The summed E-state index contributed by atoms with van der Waals surface area (Å²) in [5, 5.41) is 6.02. The first kappa shape index (κ1) is 21.1. The molecule has 0 spiro atoms. The lowest BCUT2D eigenvalue weighted by molar-refractivity contribution is 0.0950. The number of thiocarbonyl (C=S) groups is 1. The summed E-state index contributed by atoms with van der Waals surface area (Å²) in [6, 6.07) is 14.6. The van der Waals surface area contributed by atoms with Crippen LogP contribution in [0, 0.1) is 0 Å². The van der Waals surface area contributed by atoms with Gasteiger partial charge in [0.1, 0.15) is 5.52 Å². The van der Waals surface area contributed by atoms with E-state index in [1.807, 2.05) is 12.1 Å². The van der Waals surface area contributed by atoms with Crippen molar-refractivity contribution in [2.75, 3.05) is 5.32 Å². The predicted octanol–water partition coefficient (Wildman–Crippen LogP) is 6.38. The maximum Gasteiger partial charge on any atom is 0.293 e. The molecule has 0 aliphatic carbocycles. The zero-order chi connectivity index (χ0) is 22.0. The van der Waals surface area contributed by atoms with Gasteiger partial charge in [0.25, 0.3) is 5.91 Å². The zero-order valence-corrected chi connectivity index (χ0v) is 18.5. The van der Waals surface area contributed by atoms with Crippen molar-refractivity contribution in [3.05, 3.63) is 71.1 Å². The van der Waals surface area contributed by atoms with Crippen LogP contribution in [0.15, 0.2) is 63.6 Å². The third kappa shape index (κ3) is 4.62. The molecule has 0 fully saturated rings. The predicted molar refractivity (Wildman–Crippen MR) is 126 cm³/mol. The van der Waals surface area contributed by atoms with E-state index in [9.17, 15) is 4.79 Å². The number of hydrogen-bond donors (Lipinski definition) is 2. The van der Waals surface area contributed by atoms with Crippen molar-refractivity contribution >= 4 is 51.6 Å². The molecule has 0 aliphatic heterocycles. The van der Waals surface area contributed by atoms with E-state index in [-0.39, 0.29) is 10.9 Å². The van der Waals surface area contributed by atoms with Crippen LogP contribution in [-0.2, 0) is 0 Å². The topological polar surface area (TPSA) is 80.3 Å². The Labute approximate surface area is 189 Å². The minimum Gasteiger partial charge on any atom is -0.459 e. The third-order valence-electron chi connectivity index (χ3n) is 5.03. The number of carbonyl (C=O) groups is 1. The monoisotopic (exact) mass is 453 g/mol. The molecule has 6 nitrogen and oxygen atoms in total. The van der Waals surface area contributed by atoms with E-state index in [2.05, 4.69) is 41.6 Å². The molecular formula is C23H20ClN3O3S. The van der Waals surface area contributed by atoms with Crippen LogP contribution in [0.2, 0.25) is 5.02 Å². The maximum absolute atomic E-state index is 12.1. The maximum atomic E-state index is 12.1. The number of hydrogen-bond acceptors (Lipinski definition) is 5. The highest BCUT2D eigenvalue weighted by atomic mass is 35.5. The van der Waals surface area contributed by atoms with Crippen molar-refractivity contribution in [1.29, 1.82) is 0 Å². The van der Waals surface area contributed by atoms with E-state index in [4.69, 9.17) is 32.7 Å². The minimum absolute atomic E-state index is 0.0937. The Morgan fingerprint density at radius 1 is 1.23 bits per heavy atom. The number of rotatable bonds is 5. The summed E-state index contributed by atoms with van der Waals surface area (Å²) in [7, 11) is 0. The summed E-state index contributed by atoms with van der Waals surface area (Å²) in [6.07, 6.45) is 2.47. The standard InChI is InChI=1S/C23H20ClN3O3S/c1-3-13(2)14-7-9-19-18(11-14)25-22(30-19)15-6-8-16(24)17(12-15)26-23(31)27-21(28)20-5-4-10-29-20/h4-13H,3H2,1-2H3,(H2,26,27,28,31)/t13-/m0/s1. The second kappa shape index (κ2) is 8.91. The van der Waals surface area contributed by atoms with Crippen molar-refractivity contribution in [2.45, 2.75) is 26.2 Å². The lowest BCUT2D eigenvalue weighted by Crippen LogP contribution is -2.33. The Hall–Kier alpha value is -3.16.